The zero-order valence-corrected chi connectivity index (χ0v) is 10.3. The van der Waals surface area contributed by atoms with Crippen LogP contribution in [0.1, 0.15) is 31.4 Å². The van der Waals surface area contributed by atoms with Gasteiger partial charge in [0.15, 0.2) is 0 Å². The molecule has 0 bridgehead atoms. The monoisotopic (exact) mass is 255 g/mol. The third-order valence-electron chi connectivity index (χ3n) is 2.73. The van der Waals surface area contributed by atoms with E-state index in [2.05, 4.69) is 5.32 Å². The number of halogens is 1. The van der Waals surface area contributed by atoms with Crippen molar-refractivity contribution in [1.29, 1.82) is 0 Å². The van der Waals surface area contributed by atoms with Gasteiger partial charge < -0.3 is 15.5 Å². The summed E-state index contributed by atoms with van der Waals surface area (Å²) in [6, 6.07) is 5.21. The number of carbonyl (C=O) groups is 1. The summed E-state index contributed by atoms with van der Waals surface area (Å²) in [6.45, 7) is 2.51. The average Bonchev–Trinajstić information content (AvgIpc) is 2.34. The van der Waals surface area contributed by atoms with Gasteiger partial charge in [-0.05, 0) is 30.7 Å². The summed E-state index contributed by atoms with van der Waals surface area (Å²) in [5.41, 5.74) is 0.577. The van der Waals surface area contributed by atoms with Gasteiger partial charge in [0.05, 0.1) is 6.10 Å². The first-order chi connectivity index (χ1) is 8.54. The molecule has 0 heterocycles. The van der Waals surface area contributed by atoms with Crippen molar-refractivity contribution in [3.05, 3.63) is 35.6 Å². The van der Waals surface area contributed by atoms with Crippen molar-refractivity contribution in [3.63, 3.8) is 0 Å². The van der Waals surface area contributed by atoms with Crippen molar-refractivity contribution < 1.29 is 19.4 Å². The molecule has 0 amide bonds. The highest BCUT2D eigenvalue weighted by atomic mass is 19.1. The minimum atomic E-state index is -0.899. The highest BCUT2D eigenvalue weighted by Gasteiger charge is 2.20. The molecular weight excluding hydrogens is 237 g/mol. The lowest BCUT2D eigenvalue weighted by Crippen LogP contribution is -2.35. The Balaban J connectivity index is 2.71. The lowest BCUT2D eigenvalue weighted by Gasteiger charge is -2.23. The number of aliphatic hydroxyl groups is 1. The Morgan fingerprint density at radius 1 is 1.39 bits per heavy atom. The number of benzene rings is 1. The maximum absolute atomic E-state index is 12.8. The topological polar surface area (TPSA) is 69.6 Å². The third-order valence-corrected chi connectivity index (χ3v) is 2.73. The van der Waals surface area contributed by atoms with Crippen molar-refractivity contribution in [2.45, 2.75) is 31.9 Å². The van der Waals surface area contributed by atoms with Crippen LogP contribution in [0.25, 0.3) is 0 Å². The van der Waals surface area contributed by atoms with Crippen molar-refractivity contribution in [3.8, 4) is 0 Å². The molecule has 0 spiro atoms. The summed E-state index contributed by atoms with van der Waals surface area (Å²) >= 11 is 0. The van der Waals surface area contributed by atoms with Crippen LogP contribution in [0.5, 0.6) is 0 Å². The van der Waals surface area contributed by atoms with Gasteiger partial charge >= 0.3 is 5.97 Å². The van der Waals surface area contributed by atoms with E-state index in [9.17, 15) is 14.3 Å². The van der Waals surface area contributed by atoms with Gasteiger partial charge in [-0.15, -0.1) is 0 Å². The Bertz CT molecular complexity index is 380. The maximum atomic E-state index is 12.8. The van der Waals surface area contributed by atoms with E-state index in [1.807, 2.05) is 6.92 Å². The molecule has 1 aromatic carbocycles. The molecule has 0 saturated carbocycles. The van der Waals surface area contributed by atoms with Crippen LogP contribution in [0, 0.1) is 5.82 Å². The van der Waals surface area contributed by atoms with Gasteiger partial charge in [0.1, 0.15) is 5.82 Å². The number of nitrogens with one attached hydrogen (secondary N) is 1. The highest BCUT2D eigenvalue weighted by molar-refractivity contribution is 5.66. The number of carboxylic acid groups (broad SMARTS) is 1. The summed E-state index contributed by atoms with van der Waals surface area (Å²) in [4.78, 5) is 10.6. The van der Waals surface area contributed by atoms with Crippen molar-refractivity contribution >= 4 is 5.97 Å². The molecule has 0 aliphatic carbocycles. The molecule has 100 valence electrons. The maximum Gasteiger partial charge on any atom is 0.303 e. The molecule has 0 radical (unpaired) electrons. The number of hydrogen-bond donors (Lipinski definition) is 3. The van der Waals surface area contributed by atoms with Crippen LogP contribution < -0.4 is 5.32 Å². The first-order valence-electron chi connectivity index (χ1n) is 5.93. The van der Waals surface area contributed by atoms with E-state index in [1.54, 1.807) is 0 Å². The number of hydrogen-bond acceptors (Lipinski definition) is 3. The molecule has 0 aliphatic heterocycles. The van der Waals surface area contributed by atoms with Gasteiger partial charge in [-0.3, -0.25) is 4.79 Å². The molecule has 2 unspecified atom stereocenters. The summed E-state index contributed by atoms with van der Waals surface area (Å²) in [7, 11) is 0. The summed E-state index contributed by atoms with van der Waals surface area (Å²) in [5, 5.41) is 21.8. The zero-order valence-electron chi connectivity index (χ0n) is 10.3. The Morgan fingerprint density at radius 3 is 2.50 bits per heavy atom. The quantitative estimate of drug-likeness (QED) is 0.693. The molecule has 0 aromatic heterocycles. The molecular formula is C13H18FNO3. The standard InChI is InChI=1S/C13H18FNO3/c1-2-15-11(7-8-12(16)17)13(18)9-3-5-10(14)6-4-9/h3-6,11,13,15,18H,2,7-8H2,1H3,(H,16,17). The van der Waals surface area contributed by atoms with Crippen LogP contribution in [0.15, 0.2) is 24.3 Å². The van der Waals surface area contributed by atoms with Gasteiger partial charge in [-0.2, -0.15) is 0 Å². The number of aliphatic carboxylic acids is 1. The second-order valence-corrected chi connectivity index (χ2v) is 4.09. The lowest BCUT2D eigenvalue weighted by atomic mass is 9.98. The molecule has 0 saturated heterocycles. The lowest BCUT2D eigenvalue weighted by molar-refractivity contribution is -0.137. The number of rotatable bonds is 7. The SMILES string of the molecule is CCNC(CCC(=O)O)C(O)c1ccc(F)cc1. The highest BCUT2D eigenvalue weighted by Crippen LogP contribution is 2.20. The minimum Gasteiger partial charge on any atom is -0.481 e. The van der Waals surface area contributed by atoms with E-state index in [0.29, 0.717) is 18.5 Å². The Morgan fingerprint density at radius 2 is 2.00 bits per heavy atom. The van der Waals surface area contributed by atoms with Gasteiger partial charge in [-0.25, -0.2) is 4.39 Å². The van der Waals surface area contributed by atoms with E-state index in [0.717, 1.165) is 0 Å². The van der Waals surface area contributed by atoms with Gasteiger partial charge in [0.2, 0.25) is 0 Å². The number of aliphatic hydroxyl groups excluding tert-OH is 1. The van der Waals surface area contributed by atoms with E-state index in [-0.39, 0.29) is 18.3 Å². The smallest absolute Gasteiger partial charge is 0.303 e. The zero-order chi connectivity index (χ0) is 13.5. The van der Waals surface area contributed by atoms with Crippen LogP contribution in [0.4, 0.5) is 4.39 Å². The van der Waals surface area contributed by atoms with Crippen molar-refractivity contribution in [2.75, 3.05) is 6.54 Å². The Kier molecular flexibility index (Phi) is 5.74. The first-order valence-corrected chi connectivity index (χ1v) is 5.93. The predicted octanol–water partition coefficient (Wildman–Crippen LogP) is 1.70. The number of carboxylic acids is 1. The molecule has 1 rings (SSSR count). The second kappa shape index (κ2) is 7.08. The molecule has 0 aliphatic rings. The third kappa shape index (κ3) is 4.43. The summed E-state index contributed by atoms with van der Waals surface area (Å²) in [6.07, 6.45) is -0.539. The molecule has 3 N–H and O–H groups in total. The predicted molar refractivity (Wildman–Crippen MR) is 65.7 cm³/mol. The van der Waals surface area contributed by atoms with E-state index in [4.69, 9.17) is 5.11 Å². The van der Waals surface area contributed by atoms with Crippen molar-refractivity contribution in [2.24, 2.45) is 0 Å². The Hall–Kier alpha value is -1.46. The average molecular weight is 255 g/mol. The largest absolute Gasteiger partial charge is 0.481 e. The van der Waals surface area contributed by atoms with Crippen LogP contribution >= 0.6 is 0 Å². The van der Waals surface area contributed by atoms with Crippen LogP contribution in [-0.4, -0.2) is 28.8 Å². The van der Waals surface area contributed by atoms with E-state index in [1.165, 1.54) is 24.3 Å². The molecule has 4 nitrogen and oxygen atoms in total. The molecule has 18 heavy (non-hydrogen) atoms. The van der Waals surface area contributed by atoms with E-state index < -0.39 is 12.1 Å². The van der Waals surface area contributed by atoms with Crippen LogP contribution in [0.3, 0.4) is 0 Å². The normalized spacial score (nSPS) is 14.2. The fourth-order valence-corrected chi connectivity index (χ4v) is 1.80. The van der Waals surface area contributed by atoms with E-state index >= 15 is 0 Å². The molecule has 5 heteroatoms. The summed E-state index contributed by atoms with van der Waals surface area (Å²) in [5.74, 6) is -1.26. The van der Waals surface area contributed by atoms with Gasteiger partial charge in [0, 0.05) is 12.5 Å². The first kappa shape index (κ1) is 14.6. The van der Waals surface area contributed by atoms with Gasteiger partial charge in [0.25, 0.3) is 0 Å². The fourth-order valence-electron chi connectivity index (χ4n) is 1.80. The Labute approximate surface area is 105 Å². The van der Waals surface area contributed by atoms with Crippen LogP contribution in [0.2, 0.25) is 0 Å². The molecule has 0 fully saturated rings. The molecule has 1 aromatic rings. The minimum absolute atomic E-state index is 0.0179. The van der Waals surface area contributed by atoms with Gasteiger partial charge in [-0.1, -0.05) is 19.1 Å². The van der Waals surface area contributed by atoms with Crippen LogP contribution in [-0.2, 0) is 4.79 Å². The second-order valence-electron chi connectivity index (χ2n) is 4.09. The fraction of sp³-hybridized carbons (Fsp3) is 0.462. The number of likely N-dealkylation sites (N-methyl/N-ethyl adjacent to an activating group) is 1. The van der Waals surface area contributed by atoms with Crippen molar-refractivity contribution in [1.82, 2.24) is 5.32 Å². The summed E-state index contributed by atoms with van der Waals surface area (Å²) < 4.78 is 12.8. The molecule has 2 atom stereocenters.